The number of carbonyl (C=O) groups is 1. The third-order valence-corrected chi connectivity index (χ3v) is 5.68. The fraction of sp³-hybridized carbons (Fsp3) is 0.417. The summed E-state index contributed by atoms with van der Waals surface area (Å²) in [6.07, 6.45) is 7.73. The van der Waals surface area contributed by atoms with Crippen molar-refractivity contribution in [3.63, 3.8) is 0 Å². The van der Waals surface area contributed by atoms with Gasteiger partial charge in [-0.05, 0) is 48.7 Å². The van der Waals surface area contributed by atoms with Gasteiger partial charge in [-0.15, -0.1) is 0 Å². The Labute approximate surface area is 187 Å². The molecule has 1 fully saturated rings. The average molecular weight is 446 g/mol. The van der Waals surface area contributed by atoms with Gasteiger partial charge in [0, 0.05) is 57.1 Å². The van der Waals surface area contributed by atoms with E-state index in [1.54, 1.807) is 23.1 Å². The van der Waals surface area contributed by atoms with Gasteiger partial charge in [0.15, 0.2) is 11.5 Å². The van der Waals surface area contributed by atoms with Crippen molar-refractivity contribution in [1.82, 2.24) is 14.8 Å². The lowest BCUT2D eigenvalue weighted by atomic mass is 10.0. The molecular formula is C24H29F2N3O3. The van der Waals surface area contributed by atoms with Crippen LogP contribution in [-0.2, 0) is 11.2 Å². The first-order valence-corrected chi connectivity index (χ1v) is 10.7. The van der Waals surface area contributed by atoms with Crippen molar-refractivity contribution in [3.05, 3.63) is 59.9 Å². The van der Waals surface area contributed by atoms with Gasteiger partial charge in [0.2, 0.25) is 5.91 Å². The molecule has 1 aromatic heterocycles. The molecule has 0 saturated carbocycles. The Hall–Kier alpha value is -3.00. The molecular weight excluding hydrogens is 416 g/mol. The largest absolute Gasteiger partial charge is 0.493 e. The second-order valence-electron chi connectivity index (χ2n) is 7.72. The summed E-state index contributed by atoms with van der Waals surface area (Å²) >= 11 is 0. The van der Waals surface area contributed by atoms with Crippen LogP contribution in [0.15, 0.2) is 48.7 Å². The zero-order valence-corrected chi connectivity index (χ0v) is 18.4. The van der Waals surface area contributed by atoms with E-state index in [-0.39, 0.29) is 23.4 Å². The Morgan fingerprint density at radius 2 is 2.03 bits per heavy atom. The topological polar surface area (TPSA) is 54.9 Å². The van der Waals surface area contributed by atoms with Gasteiger partial charge in [0.25, 0.3) is 0 Å². The van der Waals surface area contributed by atoms with Crippen LogP contribution in [0, 0.1) is 0 Å². The number of amides is 1. The summed E-state index contributed by atoms with van der Waals surface area (Å²) in [6.45, 7) is -0.0700. The smallest absolute Gasteiger partial charge is 0.387 e. The standard InChI is InChI=1S/C24H29F2N3O3/c1-28(20-11-15-29(16-12-20)14-10-19-5-3-4-13-27-19)23(30)9-7-18-6-8-21(32-24(25)26)22(17-18)31-2/h3-9,13,17,20,24H,10-12,14-16H2,1-2H3. The van der Waals surface area contributed by atoms with Gasteiger partial charge < -0.3 is 19.3 Å². The quantitative estimate of drug-likeness (QED) is 0.549. The normalized spacial score (nSPS) is 15.3. The Morgan fingerprint density at radius 1 is 1.25 bits per heavy atom. The summed E-state index contributed by atoms with van der Waals surface area (Å²) in [5.74, 6) is 0.0491. The Kier molecular flexibility index (Phi) is 8.56. The number of methoxy groups -OCH3 is 1. The number of piperidine rings is 1. The SMILES string of the molecule is COc1cc(C=CC(=O)N(C)C2CCN(CCc3ccccn3)CC2)ccc1OC(F)F. The first-order valence-electron chi connectivity index (χ1n) is 10.7. The minimum atomic E-state index is -2.93. The molecule has 1 saturated heterocycles. The number of benzene rings is 1. The molecule has 1 aliphatic heterocycles. The summed E-state index contributed by atoms with van der Waals surface area (Å²) < 4.78 is 34.4. The highest BCUT2D eigenvalue weighted by Crippen LogP contribution is 2.30. The average Bonchev–Trinajstić information content (AvgIpc) is 2.82. The van der Waals surface area contributed by atoms with Gasteiger partial charge in [-0.2, -0.15) is 8.78 Å². The van der Waals surface area contributed by atoms with Crippen molar-refractivity contribution in [2.75, 3.05) is 33.8 Å². The number of alkyl halides is 2. The highest BCUT2D eigenvalue weighted by molar-refractivity contribution is 5.91. The number of likely N-dealkylation sites (N-methyl/N-ethyl adjacent to an activating group) is 1. The van der Waals surface area contributed by atoms with Crippen LogP contribution < -0.4 is 9.47 Å². The van der Waals surface area contributed by atoms with Crippen molar-refractivity contribution in [1.29, 1.82) is 0 Å². The summed E-state index contributed by atoms with van der Waals surface area (Å²) in [7, 11) is 3.20. The van der Waals surface area contributed by atoms with Crippen LogP contribution in [0.1, 0.15) is 24.1 Å². The van der Waals surface area contributed by atoms with Crippen LogP contribution in [0.4, 0.5) is 8.78 Å². The summed E-state index contributed by atoms with van der Waals surface area (Å²) in [5, 5.41) is 0. The maximum absolute atomic E-state index is 12.6. The van der Waals surface area contributed by atoms with Crippen LogP contribution >= 0.6 is 0 Å². The molecule has 32 heavy (non-hydrogen) atoms. The molecule has 2 aromatic rings. The molecule has 8 heteroatoms. The molecule has 0 atom stereocenters. The van der Waals surface area contributed by atoms with E-state index in [0.29, 0.717) is 5.56 Å². The van der Waals surface area contributed by atoms with Crippen LogP contribution in [-0.4, -0.2) is 67.1 Å². The van der Waals surface area contributed by atoms with E-state index < -0.39 is 6.61 Å². The van der Waals surface area contributed by atoms with E-state index >= 15 is 0 Å². The summed E-state index contributed by atoms with van der Waals surface area (Å²) in [6, 6.07) is 10.7. The molecule has 172 valence electrons. The molecule has 0 radical (unpaired) electrons. The predicted octanol–water partition coefficient (Wildman–Crippen LogP) is 3.87. The van der Waals surface area contributed by atoms with Gasteiger partial charge >= 0.3 is 6.61 Å². The number of rotatable bonds is 9. The second-order valence-corrected chi connectivity index (χ2v) is 7.72. The van der Waals surface area contributed by atoms with Crippen LogP contribution in [0.5, 0.6) is 11.5 Å². The highest BCUT2D eigenvalue weighted by atomic mass is 19.3. The first-order chi connectivity index (χ1) is 15.5. The maximum Gasteiger partial charge on any atom is 0.387 e. The van der Waals surface area contributed by atoms with Crippen LogP contribution in [0.3, 0.4) is 0 Å². The van der Waals surface area contributed by atoms with E-state index in [1.807, 2.05) is 31.4 Å². The van der Waals surface area contributed by atoms with Gasteiger partial charge in [-0.3, -0.25) is 9.78 Å². The monoisotopic (exact) mass is 445 g/mol. The molecule has 1 aliphatic rings. The Morgan fingerprint density at radius 3 is 2.69 bits per heavy atom. The lowest BCUT2D eigenvalue weighted by Gasteiger charge is -2.36. The molecule has 1 amide bonds. The molecule has 0 unspecified atom stereocenters. The van der Waals surface area contributed by atoms with Crippen molar-refractivity contribution in [2.45, 2.75) is 31.9 Å². The number of pyridine rings is 1. The van der Waals surface area contributed by atoms with E-state index in [4.69, 9.17) is 4.74 Å². The number of hydrogen-bond donors (Lipinski definition) is 0. The van der Waals surface area contributed by atoms with Crippen molar-refractivity contribution < 1.29 is 23.0 Å². The number of aromatic nitrogens is 1. The number of halogens is 2. The summed E-state index contributed by atoms with van der Waals surface area (Å²) in [5.41, 5.74) is 1.76. The minimum Gasteiger partial charge on any atom is -0.493 e. The second kappa shape index (κ2) is 11.6. The summed E-state index contributed by atoms with van der Waals surface area (Å²) in [4.78, 5) is 21.2. The van der Waals surface area contributed by atoms with Crippen molar-refractivity contribution in [2.24, 2.45) is 0 Å². The van der Waals surface area contributed by atoms with E-state index in [1.165, 1.54) is 19.3 Å². The molecule has 6 nitrogen and oxygen atoms in total. The third kappa shape index (κ3) is 6.75. The molecule has 1 aromatic carbocycles. The lowest BCUT2D eigenvalue weighted by molar-refractivity contribution is -0.127. The highest BCUT2D eigenvalue weighted by Gasteiger charge is 2.24. The number of ether oxygens (including phenoxy) is 2. The van der Waals surface area contributed by atoms with Gasteiger partial charge in [-0.1, -0.05) is 12.1 Å². The van der Waals surface area contributed by atoms with Gasteiger partial charge in [0.1, 0.15) is 0 Å². The molecule has 3 rings (SSSR count). The molecule has 0 N–H and O–H groups in total. The Balaban J connectivity index is 1.49. The van der Waals surface area contributed by atoms with E-state index in [0.717, 1.165) is 44.6 Å². The lowest BCUT2D eigenvalue weighted by Crippen LogP contribution is -2.45. The Bertz CT molecular complexity index is 901. The zero-order chi connectivity index (χ0) is 22.9. The maximum atomic E-state index is 12.6. The van der Waals surface area contributed by atoms with E-state index in [9.17, 15) is 13.6 Å². The minimum absolute atomic E-state index is 0.0436. The molecule has 0 bridgehead atoms. The van der Waals surface area contributed by atoms with E-state index in [2.05, 4.69) is 14.6 Å². The molecule has 0 spiro atoms. The molecule has 0 aliphatic carbocycles. The van der Waals surface area contributed by atoms with Gasteiger partial charge in [-0.25, -0.2) is 0 Å². The fourth-order valence-electron chi connectivity index (χ4n) is 3.80. The zero-order valence-electron chi connectivity index (χ0n) is 18.4. The van der Waals surface area contributed by atoms with Gasteiger partial charge in [0.05, 0.1) is 7.11 Å². The number of nitrogens with zero attached hydrogens (tertiary/aromatic N) is 3. The van der Waals surface area contributed by atoms with Crippen molar-refractivity contribution >= 4 is 12.0 Å². The number of likely N-dealkylation sites (tertiary alicyclic amines) is 1. The first kappa shape index (κ1) is 23.7. The third-order valence-electron chi connectivity index (χ3n) is 5.68. The molecule has 2 heterocycles. The van der Waals surface area contributed by atoms with Crippen LogP contribution in [0.25, 0.3) is 6.08 Å². The predicted molar refractivity (Wildman–Crippen MR) is 119 cm³/mol. The fourth-order valence-corrected chi connectivity index (χ4v) is 3.80. The number of hydrogen-bond acceptors (Lipinski definition) is 5. The van der Waals surface area contributed by atoms with Crippen molar-refractivity contribution in [3.8, 4) is 11.5 Å². The number of carbonyl (C=O) groups excluding carboxylic acids is 1. The van der Waals surface area contributed by atoms with Crippen LogP contribution in [0.2, 0.25) is 0 Å².